The normalized spacial score (nSPS) is 13.9. The van der Waals surface area contributed by atoms with Crippen molar-refractivity contribution in [3.05, 3.63) is 57.7 Å². The molecule has 0 saturated carbocycles. The predicted molar refractivity (Wildman–Crippen MR) is 103 cm³/mol. The summed E-state index contributed by atoms with van der Waals surface area (Å²) >= 11 is 0. The fraction of sp³-hybridized carbons (Fsp3) is 0.294. The average Bonchev–Trinajstić information content (AvgIpc) is 3.24. The lowest BCUT2D eigenvalue weighted by atomic mass is 10.0. The van der Waals surface area contributed by atoms with Gasteiger partial charge in [0.2, 0.25) is 5.65 Å². The number of hydrogen-bond donors (Lipinski definition) is 3. The topological polar surface area (TPSA) is 138 Å². The highest BCUT2D eigenvalue weighted by Crippen LogP contribution is 2.55. The van der Waals surface area contributed by atoms with Crippen LogP contribution in [0.5, 0.6) is 0 Å². The summed E-state index contributed by atoms with van der Waals surface area (Å²) in [5, 5.41) is 7.22. The molecule has 10 nitrogen and oxygen atoms in total. The minimum atomic E-state index is -5.06. The van der Waals surface area contributed by atoms with E-state index >= 15 is 0 Å². The van der Waals surface area contributed by atoms with Crippen molar-refractivity contribution >= 4 is 24.3 Å². The molecule has 0 amide bonds. The third kappa shape index (κ3) is 3.75. The van der Waals surface area contributed by atoms with Crippen molar-refractivity contribution in [2.75, 3.05) is 0 Å². The van der Waals surface area contributed by atoms with Gasteiger partial charge in [-0.05, 0) is 31.5 Å². The predicted octanol–water partition coefficient (Wildman–Crippen LogP) is 2.32. The SMILES string of the molecule is Cc1cn(CC(c2cc3c(cc2C(F)(F)F)[nH]c(=O)c2nncn23)P(=O)(O)O)c(C)n1. The van der Waals surface area contributed by atoms with Gasteiger partial charge in [-0.25, -0.2) is 4.98 Å². The van der Waals surface area contributed by atoms with Crippen molar-refractivity contribution in [3.63, 3.8) is 0 Å². The number of H-pyrrole nitrogens is 1. The summed E-state index contributed by atoms with van der Waals surface area (Å²) in [5.41, 5.74) is -4.15. The standard InChI is InChI=1S/C17H16F3N6O4P/c1-8-5-25(9(2)22-8)6-14(31(28,29)30)10-3-13-12(4-11(10)17(18,19)20)23-16(27)15-24-21-7-26(13)15/h3-5,7,14H,6H2,1-2H3,(H,23,27)(H2,28,29,30). The molecule has 3 N–H and O–H groups in total. The summed E-state index contributed by atoms with van der Waals surface area (Å²) in [7, 11) is -5.06. The molecule has 14 heteroatoms. The quantitative estimate of drug-likeness (QED) is 0.401. The first-order valence-corrected chi connectivity index (χ1v) is 10.6. The Morgan fingerprint density at radius 1 is 1.26 bits per heavy atom. The Kier molecular flexibility index (Phi) is 4.80. The minimum absolute atomic E-state index is 0.0691. The molecule has 0 aliphatic carbocycles. The molecule has 1 unspecified atom stereocenters. The zero-order valence-corrected chi connectivity index (χ0v) is 17.0. The van der Waals surface area contributed by atoms with Crippen molar-refractivity contribution in [2.45, 2.75) is 32.2 Å². The maximum Gasteiger partial charge on any atom is 0.416 e. The second-order valence-electron chi connectivity index (χ2n) is 7.12. The Morgan fingerprint density at radius 2 is 1.97 bits per heavy atom. The van der Waals surface area contributed by atoms with E-state index in [-0.39, 0.29) is 16.7 Å². The van der Waals surface area contributed by atoms with Crippen molar-refractivity contribution in [1.82, 2.24) is 29.1 Å². The van der Waals surface area contributed by atoms with Gasteiger partial charge >= 0.3 is 13.8 Å². The van der Waals surface area contributed by atoms with Crippen LogP contribution >= 0.6 is 7.60 Å². The maximum atomic E-state index is 13.9. The van der Waals surface area contributed by atoms with E-state index in [4.69, 9.17) is 0 Å². The van der Waals surface area contributed by atoms with E-state index in [9.17, 15) is 32.3 Å². The Hall–Kier alpha value is -3.02. The number of rotatable bonds is 4. The van der Waals surface area contributed by atoms with E-state index in [0.29, 0.717) is 17.6 Å². The fourth-order valence-corrected chi connectivity index (χ4v) is 4.56. The summed E-state index contributed by atoms with van der Waals surface area (Å²) < 4.78 is 56.6. The molecule has 1 aromatic carbocycles. The van der Waals surface area contributed by atoms with Crippen LogP contribution in [-0.4, -0.2) is 38.9 Å². The lowest BCUT2D eigenvalue weighted by Crippen LogP contribution is -2.18. The zero-order valence-electron chi connectivity index (χ0n) is 16.1. The molecule has 4 rings (SSSR count). The number of halogens is 3. The Bertz CT molecular complexity index is 1420. The van der Waals surface area contributed by atoms with Crippen LogP contribution in [-0.2, 0) is 17.3 Å². The summed E-state index contributed by atoms with van der Waals surface area (Å²) in [6, 6.07) is 1.67. The van der Waals surface area contributed by atoms with Crippen LogP contribution in [0, 0.1) is 13.8 Å². The number of fused-ring (bicyclic) bond motifs is 3. The van der Waals surface area contributed by atoms with Gasteiger partial charge in [0.15, 0.2) is 0 Å². The van der Waals surface area contributed by atoms with Gasteiger partial charge in [0.1, 0.15) is 17.8 Å². The molecule has 0 aliphatic rings. The van der Waals surface area contributed by atoms with E-state index in [1.54, 1.807) is 13.8 Å². The van der Waals surface area contributed by atoms with Gasteiger partial charge in [0.25, 0.3) is 5.56 Å². The molecule has 164 valence electrons. The Balaban J connectivity index is 2.03. The highest BCUT2D eigenvalue weighted by Gasteiger charge is 2.41. The van der Waals surface area contributed by atoms with Gasteiger partial charge in [-0.1, -0.05) is 0 Å². The molecule has 0 bridgehead atoms. The molecular formula is C17H16F3N6O4P. The number of aromatic nitrogens is 6. The number of imidazole rings is 1. The van der Waals surface area contributed by atoms with E-state index in [2.05, 4.69) is 20.2 Å². The van der Waals surface area contributed by atoms with Crippen LogP contribution in [0.4, 0.5) is 13.2 Å². The van der Waals surface area contributed by atoms with Gasteiger partial charge in [-0.15, -0.1) is 10.2 Å². The monoisotopic (exact) mass is 456 g/mol. The number of hydrogen-bond acceptors (Lipinski definition) is 5. The molecular weight excluding hydrogens is 440 g/mol. The molecule has 1 atom stereocenters. The van der Waals surface area contributed by atoms with Crippen LogP contribution in [0.25, 0.3) is 16.7 Å². The Labute approximate surface area is 171 Å². The molecule has 0 saturated heterocycles. The first-order valence-electron chi connectivity index (χ1n) is 8.88. The van der Waals surface area contributed by atoms with E-state index in [1.165, 1.54) is 15.2 Å². The highest BCUT2D eigenvalue weighted by molar-refractivity contribution is 7.52. The summed E-state index contributed by atoms with van der Waals surface area (Å²) in [6.45, 7) is 2.81. The average molecular weight is 456 g/mol. The molecule has 0 fully saturated rings. The number of alkyl halides is 3. The van der Waals surface area contributed by atoms with Crippen LogP contribution in [0.1, 0.15) is 28.3 Å². The number of aromatic amines is 1. The summed E-state index contributed by atoms with van der Waals surface area (Å²) in [4.78, 5) is 38.5. The van der Waals surface area contributed by atoms with E-state index in [0.717, 1.165) is 12.4 Å². The molecule has 3 heterocycles. The number of nitrogens with one attached hydrogen (secondary N) is 1. The third-order valence-corrected chi connectivity index (χ3v) is 6.22. The molecule has 0 radical (unpaired) electrons. The van der Waals surface area contributed by atoms with E-state index < -0.39 is 42.7 Å². The lowest BCUT2D eigenvalue weighted by Gasteiger charge is -2.24. The first-order chi connectivity index (χ1) is 14.4. The Morgan fingerprint density at radius 3 is 2.55 bits per heavy atom. The van der Waals surface area contributed by atoms with Gasteiger partial charge in [-0.3, -0.25) is 13.8 Å². The van der Waals surface area contributed by atoms with Crippen molar-refractivity contribution in [3.8, 4) is 0 Å². The van der Waals surface area contributed by atoms with Crippen molar-refractivity contribution in [1.29, 1.82) is 0 Å². The fourth-order valence-electron chi connectivity index (χ4n) is 3.59. The minimum Gasteiger partial charge on any atom is -0.334 e. The largest absolute Gasteiger partial charge is 0.416 e. The number of benzene rings is 1. The van der Waals surface area contributed by atoms with Gasteiger partial charge in [0, 0.05) is 12.7 Å². The highest BCUT2D eigenvalue weighted by atomic mass is 31.2. The van der Waals surface area contributed by atoms with E-state index in [1.807, 2.05) is 0 Å². The molecule has 3 aromatic heterocycles. The summed E-state index contributed by atoms with van der Waals surface area (Å²) in [6.07, 6.45) is -2.29. The smallest absolute Gasteiger partial charge is 0.334 e. The van der Waals surface area contributed by atoms with Crippen LogP contribution in [0.3, 0.4) is 0 Å². The van der Waals surface area contributed by atoms with Gasteiger partial charge < -0.3 is 19.3 Å². The molecule has 31 heavy (non-hydrogen) atoms. The third-order valence-electron chi connectivity index (χ3n) is 4.96. The van der Waals surface area contributed by atoms with Crippen molar-refractivity contribution in [2.24, 2.45) is 0 Å². The number of aryl methyl sites for hydroxylation is 2. The lowest BCUT2D eigenvalue weighted by molar-refractivity contribution is -0.138. The van der Waals surface area contributed by atoms with Crippen LogP contribution in [0.2, 0.25) is 0 Å². The van der Waals surface area contributed by atoms with Crippen molar-refractivity contribution < 1.29 is 27.5 Å². The first kappa shape index (κ1) is 21.2. The second kappa shape index (κ2) is 7.01. The summed E-state index contributed by atoms with van der Waals surface area (Å²) in [5.74, 6) is 0.399. The van der Waals surface area contributed by atoms with Crippen LogP contribution in [0.15, 0.2) is 29.5 Å². The molecule has 0 aliphatic heterocycles. The molecule has 0 spiro atoms. The second-order valence-corrected chi connectivity index (χ2v) is 8.92. The van der Waals surface area contributed by atoms with Crippen LogP contribution < -0.4 is 5.56 Å². The van der Waals surface area contributed by atoms with Gasteiger partial charge in [0.05, 0.1) is 22.3 Å². The maximum absolute atomic E-state index is 13.9. The molecule has 4 aromatic rings. The number of nitrogens with zero attached hydrogens (tertiary/aromatic N) is 5. The van der Waals surface area contributed by atoms with Gasteiger partial charge in [-0.2, -0.15) is 13.2 Å². The zero-order chi connectivity index (χ0) is 22.7.